The molecule has 0 bridgehead atoms. The highest BCUT2D eigenvalue weighted by Gasteiger charge is 2.21. The Kier molecular flexibility index (Phi) is 3.90. The van der Waals surface area contributed by atoms with Crippen LogP contribution in [0.25, 0.3) is 0 Å². The molecule has 0 aromatic carbocycles. The zero-order chi connectivity index (χ0) is 12.2. The normalized spacial score (nSPS) is 23.3. The van der Waals surface area contributed by atoms with Gasteiger partial charge in [0, 0.05) is 19.1 Å². The van der Waals surface area contributed by atoms with E-state index < -0.39 is 0 Å². The zero-order valence-electron chi connectivity index (χ0n) is 11.0. The van der Waals surface area contributed by atoms with Crippen LogP contribution in [-0.2, 0) is 6.54 Å². The van der Waals surface area contributed by atoms with Crippen LogP contribution in [0.2, 0.25) is 0 Å². The van der Waals surface area contributed by atoms with Gasteiger partial charge in [-0.15, -0.1) is 10.2 Å². The molecule has 0 spiro atoms. The lowest BCUT2D eigenvalue weighted by atomic mass is 10.2. The van der Waals surface area contributed by atoms with Crippen molar-refractivity contribution in [2.45, 2.75) is 44.7 Å². The summed E-state index contributed by atoms with van der Waals surface area (Å²) in [5, 5.41) is 11.9. The number of hydrogen-bond donors (Lipinski definition) is 1. The monoisotopic (exact) mass is 249 g/mol. The molecule has 5 nitrogen and oxygen atoms in total. The molecule has 1 saturated carbocycles. The van der Waals surface area contributed by atoms with Gasteiger partial charge in [-0.05, 0) is 32.4 Å². The van der Waals surface area contributed by atoms with Gasteiger partial charge in [0.2, 0.25) is 0 Å². The molecule has 1 saturated heterocycles. The van der Waals surface area contributed by atoms with Gasteiger partial charge < -0.3 is 9.88 Å². The van der Waals surface area contributed by atoms with Crippen LogP contribution < -0.4 is 5.32 Å². The number of aromatic nitrogens is 3. The minimum Gasteiger partial charge on any atom is -0.315 e. The van der Waals surface area contributed by atoms with Crippen LogP contribution in [0.3, 0.4) is 0 Å². The summed E-state index contributed by atoms with van der Waals surface area (Å²) in [5.74, 6) is 1.16. The highest BCUT2D eigenvalue weighted by Crippen LogP contribution is 2.30. The third kappa shape index (κ3) is 2.72. The first-order valence-corrected chi connectivity index (χ1v) is 7.25. The van der Waals surface area contributed by atoms with Crippen molar-refractivity contribution in [3.8, 4) is 0 Å². The summed E-state index contributed by atoms with van der Waals surface area (Å²) in [6.45, 7) is 5.49. The standard InChI is InChI=1S/C13H23N5/c1-2-5-12(4-1)18-11-15-16-13(18)10-17-8-3-6-14-7-9-17/h11-12,14H,1-10H2. The first kappa shape index (κ1) is 12.1. The average molecular weight is 249 g/mol. The van der Waals surface area contributed by atoms with E-state index in [9.17, 15) is 0 Å². The number of nitrogens with zero attached hydrogens (tertiary/aromatic N) is 4. The lowest BCUT2D eigenvalue weighted by molar-refractivity contribution is 0.269. The van der Waals surface area contributed by atoms with Crippen LogP contribution in [0.1, 0.15) is 44.0 Å². The molecule has 2 aliphatic rings. The molecule has 0 atom stereocenters. The van der Waals surface area contributed by atoms with Gasteiger partial charge in [0.15, 0.2) is 0 Å². The summed E-state index contributed by atoms with van der Waals surface area (Å²) in [6, 6.07) is 0.653. The topological polar surface area (TPSA) is 46.0 Å². The Morgan fingerprint density at radius 2 is 2.06 bits per heavy atom. The second-order valence-corrected chi connectivity index (χ2v) is 5.47. The van der Waals surface area contributed by atoms with E-state index in [1.54, 1.807) is 0 Å². The van der Waals surface area contributed by atoms with E-state index in [1.807, 2.05) is 6.33 Å². The first-order valence-electron chi connectivity index (χ1n) is 7.25. The van der Waals surface area contributed by atoms with E-state index in [0.717, 1.165) is 32.0 Å². The minimum absolute atomic E-state index is 0.653. The van der Waals surface area contributed by atoms with Crippen molar-refractivity contribution in [2.75, 3.05) is 26.2 Å². The molecular weight excluding hydrogens is 226 g/mol. The van der Waals surface area contributed by atoms with Crippen LogP contribution in [-0.4, -0.2) is 45.8 Å². The molecule has 2 fully saturated rings. The number of hydrogen-bond acceptors (Lipinski definition) is 4. The lowest BCUT2D eigenvalue weighted by Crippen LogP contribution is -2.29. The Bertz CT molecular complexity index is 361. The summed E-state index contributed by atoms with van der Waals surface area (Å²) in [7, 11) is 0. The predicted octanol–water partition coefficient (Wildman–Crippen LogP) is 1.19. The Morgan fingerprint density at radius 1 is 1.17 bits per heavy atom. The van der Waals surface area contributed by atoms with Gasteiger partial charge >= 0.3 is 0 Å². The van der Waals surface area contributed by atoms with E-state index in [-0.39, 0.29) is 0 Å². The predicted molar refractivity (Wildman–Crippen MR) is 70.3 cm³/mol. The summed E-state index contributed by atoms with van der Waals surface area (Å²) in [5.41, 5.74) is 0. The Balaban J connectivity index is 1.66. The third-order valence-corrected chi connectivity index (χ3v) is 4.16. The van der Waals surface area contributed by atoms with Gasteiger partial charge in [0.1, 0.15) is 12.2 Å². The quantitative estimate of drug-likeness (QED) is 0.874. The fourth-order valence-corrected chi connectivity index (χ4v) is 3.13. The minimum atomic E-state index is 0.653. The fourth-order valence-electron chi connectivity index (χ4n) is 3.13. The maximum absolute atomic E-state index is 4.34. The smallest absolute Gasteiger partial charge is 0.147 e. The molecular formula is C13H23N5. The van der Waals surface area contributed by atoms with Gasteiger partial charge in [-0.1, -0.05) is 12.8 Å². The maximum Gasteiger partial charge on any atom is 0.147 e. The van der Waals surface area contributed by atoms with Crippen molar-refractivity contribution < 1.29 is 0 Å². The van der Waals surface area contributed by atoms with Gasteiger partial charge in [-0.25, -0.2) is 0 Å². The molecule has 0 amide bonds. The fraction of sp³-hybridized carbons (Fsp3) is 0.846. The van der Waals surface area contributed by atoms with Crippen LogP contribution >= 0.6 is 0 Å². The molecule has 100 valence electrons. The average Bonchev–Trinajstić information content (AvgIpc) is 2.97. The summed E-state index contributed by atoms with van der Waals surface area (Å²) < 4.78 is 2.32. The van der Waals surface area contributed by atoms with Crippen LogP contribution in [0, 0.1) is 0 Å². The highest BCUT2D eigenvalue weighted by molar-refractivity contribution is 4.91. The zero-order valence-corrected chi connectivity index (χ0v) is 11.0. The van der Waals surface area contributed by atoms with Crippen LogP contribution in [0.15, 0.2) is 6.33 Å². The van der Waals surface area contributed by atoms with Crippen LogP contribution in [0.4, 0.5) is 0 Å². The summed E-state index contributed by atoms with van der Waals surface area (Å²) in [4.78, 5) is 2.50. The van der Waals surface area contributed by atoms with E-state index >= 15 is 0 Å². The van der Waals surface area contributed by atoms with E-state index in [4.69, 9.17) is 0 Å². The molecule has 0 radical (unpaired) electrons. The molecule has 1 aliphatic heterocycles. The highest BCUT2D eigenvalue weighted by atomic mass is 15.3. The van der Waals surface area contributed by atoms with Gasteiger partial charge in [-0.3, -0.25) is 4.90 Å². The first-order chi connectivity index (χ1) is 8.93. The molecule has 1 aliphatic carbocycles. The summed E-state index contributed by atoms with van der Waals surface area (Å²) >= 11 is 0. The van der Waals surface area contributed by atoms with E-state index in [1.165, 1.54) is 38.6 Å². The van der Waals surface area contributed by atoms with Crippen molar-refractivity contribution >= 4 is 0 Å². The number of rotatable bonds is 3. The second kappa shape index (κ2) is 5.80. The SMILES string of the molecule is c1nnc(CN2CCCNCC2)n1C1CCCC1. The largest absolute Gasteiger partial charge is 0.315 e. The Hall–Kier alpha value is -0.940. The molecule has 3 rings (SSSR count). The number of nitrogens with one attached hydrogen (secondary N) is 1. The van der Waals surface area contributed by atoms with E-state index in [2.05, 4.69) is 25.0 Å². The van der Waals surface area contributed by atoms with Crippen molar-refractivity contribution in [3.63, 3.8) is 0 Å². The molecule has 1 aromatic heterocycles. The van der Waals surface area contributed by atoms with Gasteiger partial charge in [0.05, 0.1) is 6.54 Å². The van der Waals surface area contributed by atoms with Crippen molar-refractivity contribution in [1.82, 2.24) is 25.0 Å². The van der Waals surface area contributed by atoms with Crippen LogP contribution in [0.5, 0.6) is 0 Å². The molecule has 18 heavy (non-hydrogen) atoms. The van der Waals surface area contributed by atoms with E-state index in [0.29, 0.717) is 6.04 Å². The second-order valence-electron chi connectivity index (χ2n) is 5.47. The van der Waals surface area contributed by atoms with Crippen molar-refractivity contribution in [2.24, 2.45) is 0 Å². The van der Waals surface area contributed by atoms with Crippen molar-refractivity contribution in [1.29, 1.82) is 0 Å². The van der Waals surface area contributed by atoms with Gasteiger partial charge in [0.25, 0.3) is 0 Å². The molecule has 5 heteroatoms. The summed E-state index contributed by atoms with van der Waals surface area (Å²) in [6.07, 6.45) is 8.48. The molecule has 2 heterocycles. The Morgan fingerprint density at radius 3 is 2.94 bits per heavy atom. The van der Waals surface area contributed by atoms with Gasteiger partial charge in [-0.2, -0.15) is 0 Å². The van der Waals surface area contributed by atoms with Crippen molar-refractivity contribution in [3.05, 3.63) is 12.2 Å². The third-order valence-electron chi connectivity index (χ3n) is 4.16. The maximum atomic E-state index is 4.34. The molecule has 1 N–H and O–H groups in total. The molecule has 0 unspecified atom stereocenters. The Labute approximate surface area is 109 Å². The lowest BCUT2D eigenvalue weighted by Gasteiger charge is -2.21. The molecule has 1 aromatic rings.